The number of thiophene rings is 2. The second-order valence-electron chi connectivity index (χ2n) is 7.68. The molecular formula is C23H20N6S2. The minimum Gasteiger partial charge on any atom is -0.356 e. The van der Waals surface area contributed by atoms with E-state index in [0.29, 0.717) is 6.04 Å². The summed E-state index contributed by atoms with van der Waals surface area (Å²) in [7, 11) is 0. The van der Waals surface area contributed by atoms with Gasteiger partial charge in [0.15, 0.2) is 5.82 Å². The second kappa shape index (κ2) is 7.86. The molecule has 5 aromatic rings. The molecule has 1 aliphatic rings. The van der Waals surface area contributed by atoms with Crippen LogP contribution < -0.4 is 4.90 Å². The number of anilines is 1. The molecule has 1 aromatic carbocycles. The van der Waals surface area contributed by atoms with Crippen LogP contribution in [0.15, 0.2) is 64.9 Å². The number of piperidine rings is 1. The topological polar surface area (TPSA) is 59.7 Å². The van der Waals surface area contributed by atoms with Crippen LogP contribution in [0.25, 0.3) is 32.7 Å². The second-order valence-corrected chi connectivity index (χ2v) is 9.32. The Balaban J connectivity index is 1.44. The Morgan fingerprint density at radius 3 is 2.55 bits per heavy atom. The Labute approximate surface area is 187 Å². The van der Waals surface area contributed by atoms with Gasteiger partial charge in [-0.1, -0.05) is 35.5 Å². The van der Waals surface area contributed by atoms with Crippen molar-refractivity contribution in [3.05, 3.63) is 64.9 Å². The van der Waals surface area contributed by atoms with Crippen molar-refractivity contribution in [1.82, 2.24) is 25.0 Å². The summed E-state index contributed by atoms with van der Waals surface area (Å²) in [5, 5.41) is 15.8. The van der Waals surface area contributed by atoms with Gasteiger partial charge in [-0.25, -0.2) is 14.6 Å². The van der Waals surface area contributed by atoms with E-state index in [1.54, 1.807) is 28.9 Å². The van der Waals surface area contributed by atoms with Gasteiger partial charge in [-0.05, 0) is 29.9 Å². The van der Waals surface area contributed by atoms with Crippen molar-refractivity contribution in [2.75, 3.05) is 18.0 Å². The Morgan fingerprint density at radius 1 is 0.935 bits per heavy atom. The first-order valence-corrected chi connectivity index (χ1v) is 12.2. The zero-order chi connectivity index (χ0) is 20.6. The molecule has 0 amide bonds. The Bertz CT molecular complexity index is 1290. The van der Waals surface area contributed by atoms with Crippen molar-refractivity contribution in [1.29, 1.82) is 0 Å². The first-order valence-electron chi connectivity index (χ1n) is 10.3. The van der Waals surface area contributed by atoms with Crippen molar-refractivity contribution >= 4 is 38.7 Å². The lowest BCUT2D eigenvalue weighted by Crippen LogP contribution is -2.35. The predicted octanol–water partition coefficient (Wildman–Crippen LogP) is 5.52. The third-order valence-electron chi connectivity index (χ3n) is 5.86. The Hall–Kier alpha value is -3.10. The van der Waals surface area contributed by atoms with Crippen LogP contribution in [0.2, 0.25) is 0 Å². The third-order valence-corrected chi connectivity index (χ3v) is 7.41. The van der Waals surface area contributed by atoms with E-state index in [2.05, 4.69) is 67.8 Å². The molecule has 4 aromatic heterocycles. The lowest BCUT2D eigenvalue weighted by Gasteiger charge is -2.33. The monoisotopic (exact) mass is 444 g/mol. The molecule has 0 N–H and O–H groups in total. The van der Waals surface area contributed by atoms with E-state index in [9.17, 15) is 0 Å². The van der Waals surface area contributed by atoms with E-state index in [-0.39, 0.29) is 0 Å². The van der Waals surface area contributed by atoms with E-state index in [4.69, 9.17) is 9.97 Å². The average molecular weight is 445 g/mol. The van der Waals surface area contributed by atoms with Crippen LogP contribution >= 0.6 is 22.7 Å². The highest BCUT2D eigenvalue weighted by molar-refractivity contribution is 7.17. The molecule has 0 saturated carbocycles. The van der Waals surface area contributed by atoms with Gasteiger partial charge >= 0.3 is 0 Å². The van der Waals surface area contributed by atoms with Gasteiger partial charge in [0.25, 0.3) is 0 Å². The predicted molar refractivity (Wildman–Crippen MR) is 127 cm³/mol. The lowest BCUT2D eigenvalue weighted by atomic mass is 10.0. The van der Waals surface area contributed by atoms with Crippen LogP contribution in [-0.4, -0.2) is 38.1 Å². The van der Waals surface area contributed by atoms with E-state index in [0.717, 1.165) is 53.4 Å². The molecule has 5 heterocycles. The van der Waals surface area contributed by atoms with Crippen LogP contribution in [0.3, 0.4) is 0 Å². The molecule has 154 valence electrons. The number of fused-ring (bicyclic) bond motifs is 1. The Kier molecular flexibility index (Phi) is 4.73. The summed E-state index contributed by atoms with van der Waals surface area (Å²) >= 11 is 3.38. The number of aromatic nitrogens is 5. The van der Waals surface area contributed by atoms with E-state index >= 15 is 0 Å². The maximum absolute atomic E-state index is 5.11. The summed E-state index contributed by atoms with van der Waals surface area (Å²) in [6.07, 6.45) is 5.76. The maximum atomic E-state index is 5.11. The molecule has 0 unspecified atom stereocenters. The van der Waals surface area contributed by atoms with Crippen molar-refractivity contribution in [3.8, 4) is 22.5 Å². The molecule has 1 saturated heterocycles. The molecule has 31 heavy (non-hydrogen) atoms. The number of nitrogens with zero attached hydrogens (tertiary/aromatic N) is 6. The molecule has 1 aliphatic heterocycles. The summed E-state index contributed by atoms with van der Waals surface area (Å²) in [4.78, 5) is 13.5. The summed E-state index contributed by atoms with van der Waals surface area (Å²) in [6, 6.07) is 13.0. The van der Waals surface area contributed by atoms with Crippen LogP contribution in [0.5, 0.6) is 0 Å². The fourth-order valence-electron chi connectivity index (χ4n) is 4.26. The summed E-state index contributed by atoms with van der Waals surface area (Å²) in [6.45, 7) is 1.87. The molecule has 8 heteroatoms. The van der Waals surface area contributed by atoms with Crippen molar-refractivity contribution in [2.45, 2.75) is 18.9 Å². The first-order chi connectivity index (χ1) is 15.4. The van der Waals surface area contributed by atoms with Gasteiger partial charge < -0.3 is 4.90 Å². The minimum absolute atomic E-state index is 0.392. The van der Waals surface area contributed by atoms with Crippen LogP contribution in [0, 0.1) is 0 Å². The molecule has 1 fully saturated rings. The molecular weight excluding hydrogens is 424 g/mol. The third kappa shape index (κ3) is 3.41. The molecule has 0 aliphatic carbocycles. The van der Waals surface area contributed by atoms with Crippen LogP contribution in [0.1, 0.15) is 18.9 Å². The smallest absolute Gasteiger partial charge is 0.163 e. The van der Waals surface area contributed by atoms with E-state index in [1.165, 1.54) is 11.1 Å². The van der Waals surface area contributed by atoms with Crippen LogP contribution in [0.4, 0.5) is 5.82 Å². The number of rotatable bonds is 4. The zero-order valence-electron chi connectivity index (χ0n) is 16.8. The highest BCUT2D eigenvalue weighted by Crippen LogP contribution is 2.40. The molecule has 0 bridgehead atoms. The summed E-state index contributed by atoms with van der Waals surface area (Å²) in [5.41, 5.74) is 3.51. The highest BCUT2D eigenvalue weighted by Gasteiger charge is 2.26. The quantitative estimate of drug-likeness (QED) is 0.365. The van der Waals surface area contributed by atoms with Gasteiger partial charge in [0.2, 0.25) is 0 Å². The van der Waals surface area contributed by atoms with E-state index < -0.39 is 0 Å². The van der Waals surface area contributed by atoms with Gasteiger partial charge in [0.05, 0.1) is 17.6 Å². The molecule has 0 atom stereocenters. The van der Waals surface area contributed by atoms with Crippen LogP contribution in [-0.2, 0) is 0 Å². The maximum Gasteiger partial charge on any atom is 0.163 e. The SMILES string of the molecule is c1ccc(-c2csc3nc(-c4ccsc4)nc(N4CCC(n5ccnn5)CC4)c23)cc1. The van der Waals surface area contributed by atoms with Gasteiger partial charge in [-0.15, -0.1) is 16.4 Å². The number of benzene rings is 1. The zero-order valence-corrected chi connectivity index (χ0v) is 18.4. The van der Waals surface area contributed by atoms with Gasteiger partial charge in [-0.2, -0.15) is 11.3 Å². The lowest BCUT2D eigenvalue weighted by molar-refractivity contribution is 0.359. The van der Waals surface area contributed by atoms with Gasteiger partial charge in [0, 0.05) is 41.2 Å². The Morgan fingerprint density at radius 2 is 1.81 bits per heavy atom. The first kappa shape index (κ1) is 18.7. The van der Waals surface area contributed by atoms with Gasteiger partial charge in [-0.3, -0.25) is 0 Å². The fourth-order valence-corrected chi connectivity index (χ4v) is 5.83. The number of hydrogen-bond donors (Lipinski definition) is 0. The van der Waals surface area contributed by atoms with E-state index in [1.807, 2.05) is 10.9 Å². The number of hydrogen-bond acceptors (Lipinski definition) is 7. The van der Waals surface area contributed by atoms with Gasteiger partial charge in [0.1, 0.15) is 10.6 Å². The summed E-state index contributed by atoms with van der Waals surface area (Å²) in [5.74, 6) is 1.85. The molecule has 6 nitrogen and oxygen atoms in total. The minimum atomic E-state index is 0.392. The van der Waals surface area contributed by atoms with Crippen molar-refractivity contribution < 1.29 is 0 Å². The average Bonchev–Trinajstić information content (AvgIpc) is 3.61. The van der Waals surface area contributed by atoms with Crippen molar-refractivity contribution in [3.63, 3.8) is 0 Å². The standard InChI is InChI=1S/C23H20N6S2/c1-2-4-16(5-3-1)19-15-31-23-20(19)22(25-21(26-23)17-8-13-30-14-17)28-10-6-18(7-11-28)29-12-9-24-27-29/h1-5,8-9,12-15,18H,6-7,10-11H2. The largest absolute Gasteiger partial charge is 0.356 e. The summed E-state index contributed by atoms with van der Waals surface area (Å²) < 4.78 is 1.99. The molecule has 0 radical (unpaired) electrons. The molecule has 6 rings (SSSR count). The van der Waals surface area contributed by atoms with Crippen molar-refractivity contribution in [2.24, 2.45) is 0 Å². The highest BCUT2D eigenvalue weighted by atomic mass is 32.1. The normalized spacial score (nSPS) is 15.0. The fraction of sp³-hybridized carbons (Fsp3) is 0.217. The molecule has 0 spiro atoms.